The van der Waals surface area contributed by atoms with Gasteiger partial charge in [0.2, 0.25) is 5.95 Å². The minimum atomic E-state index is -0.596. The summed E-state index contributed by atoms with van der Waals surface area (Å²) in [7, 11) is 0. The molecule has 0 bridgehead atoms. The van der Waals surface area contributed by atoms with Crippen LogP contribution in [-0.4, -0.2) is 30.6 Å². The lowest BCUT2D eigenvalue weighted by molar-refractivity contribution is 0.0886. The molecule has 1 heterocycles. The van der Waals surface area contributed by atoms with Crippen LogP contribution >= 0.6 is 0 Å². The van der Waals surface area contributed by atoms with Gasteiger partial charge < -0.3 is 10.1 Å². The highest BCUT2D eigenvalue weighted by atomic mass is 19.1. The summed E-state index contributed by atoms with van der Waals surface area (Å²) in [6.07, 6.45) is 1.21. The summed E-state index contributed by atoms with van der Waals surface area (Å²) in [5.41, 5.74) is 0.343. The van der Waals surface area contributed by atoms with Crippen LogP contribution < -0.4 is 5.32 Å². The van der Waals surface area contributed by atoms with Gasteiger partial charge in [0.05, 0.1) is 12.2 Å². The maximum atomic E-state index is 12.5. The van der Waals surface area contributed by atoms with E-state index in [9.17, 15) is 9.18 Å². The largest absolute Gasteiger partial charge is 0.379 e. The second-order valence-corrected chi connectivity index (χ2v) is 4.09. The second kappa shape index (κ2) is 6.96. The highest BCUT2D eigenvalue weighted by molar-refractivity contribution is 5.93. The lowest BCUT2D eigenvalue weighted by Gasteiger charge is -2.07. The zero-order valence-electron chi connectivity index (χ0n) is 10.1. The minimum Gasteiger partial charge on any atom is -0.379 e. The first-order valence-electron chi connectivity index (χ1n) is 5.57. The quantitative estimate of drug-likeness (QED) is 0.607. The summed E-state index contributed by atoms with van der Waals surface area (Å²) < 4.78 is 17.8. The van der Waals surface area contributed by atoms with Crippen LogP contribution in [0.25, 0.3) is 0 Å². The third-order valence-corrected chi connectivity index (χ3v) is 1.97. The van der Waals surface area contributed by atoms with Gasteiger partial charge in [-0.25, -0.2) is 4.98 Å². The Kier molecular flexibility index (Phi) is 5.56. The van der Waals surface area contributed by atoms with E-state index < -0.39 is 5.95 Å². The molecule has 1 aromatic heterocycles. The lowest BCUT2D eigenvalue weighted by atomic mass is 10.2. The summed E-state index contributed by atoms with van der Waals surface area (Å²) in [5, 5.41) is 2.67. The molecule has 0 aliphatic rings. The number of carbonyl (C=O) groups is 1. The fourth-order valence-corrected chi connectivity index (χ4v) is 1.17. The molecule has 0 unspecified atom stereocenters. The normalized spacial score (nSPS) is 10.6. The Labute approximate surface area is 100 Å². The van der Waals surface area contributed by atoms with Gasteiger partial charge in [-0.05, 0) is 18.1 Å². The molecule has 0 saturated carbocycles. The Morgan fingerprint density at radius 1 is 1.53 bits per heavy atom. The molecule has 94 valence electrons. The van der Waals surface area contributed by atoms with Gasteiger partial charge >= 0.3 is 0 Å². The molecule has 0 aromatic carbocycles. The Morgan fingerprint density at radius 2 is 2.29 bits per heavy atom. The maximum absolute atomic E-state index is 12.5. The highest BCUT2D eigenvalue weighted by Gasteiger charge is 2.05. The molecule has 0 spiro atoms. The summed E-state index contributed by atoms with van der Waals surface area (Å²) in [4.78, 5) is 14.9. The molecule has 1 aromatic rings. The van der Waals surface area contributed by atoms with E-state index in [1.165, 1.54) is 12.3 Å². The molecule has 1 N–H and O–H groups in total. The average molecular weight is 240 g/mol. The molecule has 1 amide bonds. The van der Waals surface area contributed by atoms with Crippen LogP contribution in [0, 0.1) is 11.9 Å². The van der Waals surface area contributed by atoms with E-state index in [-0.39, 0.29) is 5.91 Å². The first-order chi connectivity index (χ1) is 8.09. The van der Waals surface area contributed by atoms with Gasteiger partial charge in [-0.15, -0.1) is 0 Å². The monoisotopic (exact) mass is 240 g/mol. The molecule has 0 saturated heterocycles. The molecular weight excluding hydrogens is 223 g/mol. The van der Waals surface area contributed by atoms with Crippen LogP contribution in [-0.2, 0) is 4.74 Å². The van der Waals surface area contributed by atoms with E-state index in [0.29, 0.717) is 31.2 Å². The van der Waals surface area contributed by atoms with Crippen molar-refractivity contribution in [2.24, 2.45) is 5.92 Å². The van der Waals surface area contributed by atoms with Crippen molar-refractivity contribution in [2.45, 2.75) is 13.8 Å². The van der Waals surface area contributed by atoms with Crippen molar-refractivity contribution in [2.75, 3.05) is 19.8 Å². The van der Waals surface area contributed by atoms with Crippen LogP contribution in [0.15, 0.2) is 18.3 Å². The molecule has 0 aliphatic heterocycles. The Bertz CT molecular complexity index is 352. The number of nitrogens with zero attached hydrogens (tertiary/aromatic N) is 1. The van der Waals surface area contributed by atoms with Crippen molar-refractivity contribution in [3.63, 3.8) is 0 Å². The molecule has 0 fully saturated rings. The zero-order chi connectivity index (χ0) is 12.7. The standard InChI is InChI=1S/C12H17FN2O2/c1-9(2)8-17-6-5-14-12(16)10-3-4-11(13)15-7-10/h3-4,7,9H,5-6,8H2,1-2H3,(H,14,16). The number of nitrogens with one attached hydrogen (secondary N) is 1. The van der Waals surface area contributed by atoms with Crippen molar-refractivity contribution in [3.05, 3.63) is 29.8 Å². The highest BCUT2D eigenvalue weighted by Crippen LogP contribution is 1.98. The van der Waals surface area contributed by atoms with Crippen molar-refractivity contribution in [1.82, 2.24) is 10.3 Å². The average Bonchev–Trinajstić information content (AvgIpc) is 2.29. The predicted octanol–water partition coefficient (Wildman–Crippen LogP) is 1.62. The zero-order valence-corrected chi connectivity index (χ0v) is 10.1. The first-order valence-corrected chi connectivity index (χ1v) is 5.57. The summed E-state index contributed by atoms with van der Waals surface area (Å²) in [6, 6.07) is 2.55. The number of halogens is 1. The Balaban J connectivity index is 2.23. The molecule has 1 rings (SSSR count). The lowest BCUT2D eigenvalue weighted by Crippen LogP contribution is -2.27. The van der Waals surface area contributed by atoms with Gasteiger partial charge in [0.15, 0.2) is 0 Å². The van der Waals surface area contributed by atoms with E-state index >= 15 is 0 Å². The first kappa shape index (κ1) is 13.6. The summed E-state index contributed by atoms with van der Waals surface area (Å²) >= 11 is 0. The number of amides is 1. The summed E-state index contributed by atoms with van der Waals surface area (Å²) in [6.45, 7) is 5.70. The molecule has 0 radical (unpaired) electrons. The molecule has 5 heteroatoms. The van der Waals surface area contributed by atoms with E-state index in [1.54, 1.807) is 0 Å². The Hall–Kier alpha value is -1.49. The molecule has 0 atom stereocenters. The van der Waals surface area contributed by atoms with E-state index in [1.807, 2.05) is 0 Å². The number of hydrogen-bond acceptors (Lipinski definition) is 3. The number of rotatable bonds is 6. The topological polar surface area (TPSA) is 51.2 Å². The van der Waals surface area contributed by atoms with E-state index in [0.717, 1.165) is 6.07 Å². The van der Waals surface area contributed by atoms with Crippen molar-refractivity contribution >= 4 is 5.91 Å². The molecular formula is C12H17FN2O2. The fourth-order valence-electron chi connectivity index (χ4n) is 1.17. The van der Waals surface area contributed by atoms with Crippen LogP contribution in [0.1, 0.15) is 24.2 Å². The van der Waals surface area contributed by atoms with Gasteiger partial charge in [-0.2, -0.15) is 4.39 Å². The van der Waals surface area contributed by atoms with Gasteiger partial charge in [-0.1, -0.05) is 13.8 Å². The summed E-state index contributed by atoms with van der Waals surface area (Å²) in [5.74, 6) is -0.389. The smallest absolute Gasteiger partial charge is 0.252 e. The van der Waals surface area contributed by atoms with Crippen LogP contribution in [0.3, 0.4) is 0 Å². The Morgan fingerprint density at radius 3 is 2.88 bits per heavy atom. The number of pyridine rings is 1. The van der Waals surface area contributed by atoms with Gasteiger partial charge in [-0.3, -0.25) is 4.79 Å². The number of hydrogen-bond donors (Lipinski definition) is 1. The van der Waals surface area contributed by atoms with Crippen molar-refractivity contribution in [3.8, 4) is 0 Å². The van der Waals surface area contributed by atoms with E-state index in [2.05, 4.69) is 24.1 Å². The third-order valence-electron chi connectivity index (χ3n) is 1.97. The molecule has 17 heavy (non-hydrogen) atoms. The van der Waals surface area contributed by atoms with Crippen LogP contribution in [0.5, 0.6) is 0 Å². The SMILES string of the molecule is CC(C)COCCNC(=O)c1ccc(F)nc1. The van der Waals surface area contributed by atoms with Gasteiger partial charge in [0.1, 0.15) is 0 Å². The second-order valence-electron chi connectivity index (χ2n) is 4.09. The van der Waals surface area contributed by atoms with Crippen molar-refractivity contribution < 1.29 is 13.9 Å². The van der Waals surface area contributed by atoms with Crippen LogP contribution in [0.2, 0.25) is 0 Å². The number of carbonyl (C=O) groups excluding carboxylic acids is 1. The van der Waals surface area contributed by atoms with Gasteiger partial charge in [0, 0.05) is 19.3 Å². The maximum Gasteiger partial charge on any atom is 0.252 e. The van der Waals surface area contributed by atoms with Crippen LogP contribution in [0.4, 0.5) is 4.39 Å². The van der Waals surface area contributed by atoms with Crippen molar-refractivity contribution in [1.29, 1.82) is 0 Å². The number of aromatic nitrogens is 1. The minimum absolute atomic E-state index is 0.273. The number of ether oxygens (including phenoxy) is 1. The third kappa shape index (κ3) is 5.40. The van der Waals surface area contributed by atoms with E-state index in [4.69, 9.17) is 4.74 Å². The molecule has 0 aliphatic carbocycles. The molecule has 4 nitrogen and oxygen atoms in total. The predicted molar refractivity (Wildman–Crippen MR) is 62.2 cm³/mol. The fraction of sp³-hybridized carbons (Fsp3) is 0.500. The van der Waals surface area contributed by atoms with Gasteiger partial charge in [0.25, 0.3) is 5.91 Å².